The van der Waals surface area contributed by atoms with Crippen LogP contribution in [0.2, 0.25) is 0 Å². The van der Waals surface area contributed by atoms with Crippen LogP contribution in [0.15, 0.2) is 206 Å². The first-order chi connectivity index (χ1) is 29.8. The molecular weight excluding hydrogens is 749 g/mol. The normalized spacial score (nSPS) is 11.7. The van der Waals surface area contributed by atoms with E-state index in [1.165, 1.54) is 58.6 Å². The summed E-state index contributed by atoms with van der Waals surface area (Å²) in [6, 6.07) is 73.2. The molecule has 0 aliphatic carbocycles. The molecule has 0 bridgehead atoms. The van der Waals surface area contributed by atoms with Crippen LogP contribution in [0.4, 0.5) is 0 Å². The van der Waals surface area contributed by atoms with Crippen molar-refractivity contribution in [3.8, 4) is 62.1 Å². The number of para-hydroxylation sites is 1. The smallest absolute Gasteiger partial charge is 0.238 e. The molecule has 60 heavy (non-hydrogen) atoms. The molecule has 0 radical (unpaired) electrons. The van der Waals surface area contributed by atoms with E-state index in [-0.39, 0.29) is 0 Å². The van der Waals surface area contributed by atoms with Crippen LogP contribution >= 0.6 is 11.3 Å². The van der Waals surface area contributed by atoms with E-state index in [0.29, 0.717) is 17.6 Å². The van der Waals surface area contributed by atoms with Gasteiger partial charge in [0.1, 0.15) is 0 Å². The van der Waals surface area contributed by atoms with Crippen LogP contribution in [0, 0.1) is 0 Å². The average Bonchev–Trinajstić information content (AvgIpc) is 3.89. The summed E-state index contributed by atoms with van der Waals surface area (Å²) >= 11 is 1.87. The summed E-state index contributed by atoms with van der Waals surface area (Å²) < 4.78 is 4.83. The quantitative estimate of drug-likeness (QED) is 0.169. The Kier molecular flexibility index (Phi) is 8.00. The standard InChI is InChI=1S/C55H34N4S/c1-4-15-35(16-5-1)36-29-31-40(32-30-36)54-56-53(39-20-8-3-9-21-39)57-55(58-54)59-48-34-33-38-19-10-11-22-41(38)49(48)47-28-13-24-43(50(47)59)44-25-14-27-46-45-26-12-23-42(51(45)60-52(44)46)37-17-6-2-7-18-37/h1-34H. The highest BCUT2D eigenvalue weighted by molar-refractivity contribution is 7.26. The van der Waals surface area contributed by atoms with Crippen LogP contribution < -0.4 is 0 Å². The van der Waals surface area contributed by atoms with Crippen molar-refractivity contribution in [3.63, 3.8) is 0 Å². The highest BCUT2D eigenvalue weighted by atomic mass is 32.1. The summed E-state index contributed by atoms with van der Waals surface area (Å²) in [5.41, 5.74) is 11.0. The summed E-state index contributed by atoms with van der Waals surface area (Å²) in [7, 11) is 0. The minimum atomic E-state index is 0.573. The van der Waals surface area contributed by atoms with Gasteiger partial charge in [0, 0.05) is 53.2 Å². The summed E-state index contributed by atoms with van der Waals surface area (Å²) in [5, 5.41) is 7.23. The van der Waals surface area contributed by atoms with Gasteiger partial charge in [-0.1, -0.05) is 200 Å². The zero-order valence-electron chi connectivity index (χ0n) is 32.3. The van der Waals surface area contributed by atoms with Crippen LogP contribution in [-0.4, -0.2) is 19.5 Å². The van der Waals surface area contributed by atoms with Gasteiger partial charge in [-0.3, -0.25) is 4.57 Å². The third-order valence-corrected chi connectivity index (χ3v) is 13.0. The van der Waals surface area contributed by atoms with Crippen LogP contribution in [0.1, 0.15) is 0 Å². The number of benzene rings is 9. The SMILES string of the molecule is c1ccc(-c2ccc(-c3nc(-c4ccccc4)nc(-n4c5ccc6ccccc6c5c5cccc(-c6cccc7c6sc6c(-c8ccccc8)cccc67)c54)n3)cc2)cc1. The fraction of sp³-hybridized carbons (Fsp3) is 0. The Labute approximate surface area is 350 Å². The molecule has 280 valence electrons. The molecule has 5 heteroatoms. The molecule has 0 fully saturated rings. The Morgan fingerprint density at radius 2 is 0.833 bits per heavy atom. The van der Waals surface area contributed by atoms with Gasteiger partial charge in [-0.05, 0) is 39.1 Å². The number of thiophene rings is 1. The van der Waals surface area contributed by atoms with Crippen molar-refractivity contribution in [2.75, 3.05) is 0 Å². The number of hydrogen-bond donors (Lipinski definition) is 0. The lowest BCUT2D eigenvalue weighted by atomic mass is 9.98. The van der Waals surface area contributed by atoms with Crippen molar-refractivity contribution in [1.29, 1.82) is 0 Å². The molecular formula is C55H34N4S. The molecule has 0 saturated carbocycles. The molecule has 0 atom stereocenters. The molecule has 0 aliphatic heterocycles. The fourth-order valence-corrected chi connectivity index (χ4v) is 10.3. The first-order valence-electron chi connectivity index (χ1n) is 20.2. The summed E-state index contributed by atoms with van der Waals surface area (Å²) in [5.74, 6) is 1.81. The Morgan fingerprint density at radius 3 is 1.53 bits per heavy atom. The maximum Gasteiger partial charge on any atom is 0.238 e. The van der Waals surface area contributed by atoms with E-state index >= 15 is 0 Å². The summed E-state index contributed by atoms with van der Waals surface area (Å²) in [6.07, 6.45) is 0. The van der Waals surface area contributed by atoms with Crippen LogP contribution in [-0.2, 0) is 0 Å². The molecule has 0 N–H and O–H groups in total. The molecule has 12 aromatic rings. The monoisotopic (exact) mass is 782 g/mol. The predicted octanol–water partition coefficient (Wildman–Crippen LogP) is 14.8. The second kappa shape index (κ2) is 14.0. The van der Waals surface area contributed by atoms with E-state index in [1.807, 2.05) is 35.6 Å². The molecule has 0 unspecified atom stereocenters. The maximum atomic E-state index is 5.37. The first-order valence-corrected chi connectivity index (χ1v) is 21.0. The van der Waals surface area contributed by atoms with Crippen molar-refractivity contribution >= 4 is 64.1 Å². The van der Waals surface area contributed by atoms with Crippen molar-refractivity contribution in [2.24, 2.45) is 0 Å². The van der Waals surface area contributed by atoms with E-state index in [0.717, 1.165) is 38.7 Å². The minimum absolute atomic E-state index is 0.573. The van der Waals surface area contributed by atoms with E-state index in [9.17, 15) is 0 Å². The third kappa shape index (κ3) is 5.55. The number of hydrogen-bond acceptors (Lipinski definition) is 4. The van der Waals surface area contributed by atoms with E-state index < -0.39 is 0 Å². The largest absolute Gasteiger partial charge is 0.277 e. The molecule has 0 aliphatic rings. The van der Waals surface area contributed by atoms with Gasteiger partial charge in [-0.25, -0.2) is 4.98 Å². The third-order valence-electron chi connectivity index (χ3n) is 11.7. The minimum Gasteiger partial charge on any atom is -0.277 e. The van der Waals surface area contributed by atoms with Gasteiger partial charge < -0.3 is 0 Å². The number of nitrogens with zero attached hydrogens (tertiary/aromatic N) is 4. The van der Waals surface area contributed by atoms with Gasteiger partial charge in [-0.2, -0.15) is 9.97 Å². The van der Waals surface area contributed by atoms with Gasteiger partial charge in [0.05, 0.1) is 11.0 Å². The Balaban J connectivity index is 1.15. The van der Waals surface area contributed by atoms with Crippen LogP contribution in [0.25, 0.3) is 115 Å². The van der Waals surface area contributed by atoms with Crippen LogP contribution in [0.5, 0.6) is 0 Å². The molecule has 0 amide bonds. The molecule has 3 heterocycles. The lowest BCUT2D eigenvalue weighted by Gasteiger charge is -2.13. The Hall–Kier alpha value is -7.73. The topological polar surface area (TPSA) is 43.6 Å². The maximum absolute atomic E-state index is 5.37. The van der Waals surface area contributed by atoms with E-state index in [4.69, 9.17) is 15.0 Å². The number of fused-ring (bicyclic) bond motifs is 8. The number of rotatable bonds is 6. The summed E-state index contributed by atoms with van der Waals surface area (Å²) in [4.78, 5) is 15.9. The zero-order valence-corrected chi connectivity index (χ0v) is 33.1. The molecule has 3 aromatic heterocycles. The highest BCUT2D eigenvalue weighted by Crippen LogP contribution is 2.47. The predicted molar refractivity (Wildman–Crippen MR) is 252 cm³/mol. The Morgan fingerprint density at radius 1 is 0.333 bits per heavy atom. The lowest BCUT2D eigenvalue weighted by Crippen LogP contribution is -2.07. The van der Waals surface area contributed by atoms with Gasteiger partial charge in [0.25, 0.3) is 0 Å². The van der Waals surface area contributed by atoms with Gasteiger partial charge >= 0.3 is 0 Å². The molecule has 9 aromatic carbocycles. The molecule has 0 saturated heterocycles. The van der Waals surface area contributed by atoms with E-state index in [2.05, 4.69) is 187 Å². The van der Waals surface area contributed by atoms with Gasteiger partial charge in [0.2, 0.25) is 5.95 Å². The van der Waals surface area contributed by atoms with Crippen molar-refractivity contribution in [2.45, 2.75) is 0 Å². The van der Waals surface area contributed by atoms with Gasteiger partial charge in [0.15, 0.2) is 11.6 Å². The van der Waals surface area contributed by atoms with E-state index in [1.54, 1.807) is 0 Å². The molecule has 0 spiro atoms. The van der Waals surface area contributed by atoms with Gasteiger partial charge in [-0.15, -0.1) is 11.3 Å². The fourth-order valence-electron chi connectivity index (χ4n) is 8.89. The zero-order chi connectivity index (χ0) is 39.6. The van der Waals surface area contributed by atoms with Crippen LogP contribution in [0.3, 0.4) is 0 Å². The van der Waals surface area contributed by atoms with Crippen molar-refractivity contribution in [1.82, 2.24) is 19.5 Å². The molecule has 12 rings (SSSR count). The first kappa shape index (κ1) is 34.3. The summed E-state index contributed by atoms with van der Waals surface area (Å²) in [6.45, 7) is 0. The molecule has 4 nitrogen and oxygen atoms in total. The second-order valence-corrected chi connectivity index (χ2v) is 16.2. The highest BCUT2D eigenvalue weighted by Gasteiger charge is 2.23. The average molecular weight is 783 g/mol. The number of aromatic nitrogens is 4. The lowest BCUT2D eigenvalue weighted by molar-refractivity contribution is 0.954. The van der Waals surface area contributed by atoms with Crippen molar-refractivity contribution in [3.05, 3.63) is 206 Å². The second-order valence-electron chi connectivity index (χ2n) is 15.1. The van der Waals surface area contributed by atoms with Crippen molar-refractivity contribution < 1.29 is 0 Å². The Bertz CT molecular complexity index is 3570.